The number of sulfonamides is 1. The maximum atomic E-state index is 12.4. The Kier molecular flexibility index (Phi) is 5.01. The van der Waals surface area contributed by atoms with Gasteiger partial charge in [0.25, 0.3) is 10.0 Å². The molecule has 0 spiro atoms. The number of benzene rings is 1. The van der Waals surface area contributed by atoms with Crippen LogP contribution < -0.4 is 10.0 Å². The first-order valence-electron chi connectivity index (χ1n) is 7.94. The number of aryl methyl sites for hydroxylation is 1. The van der Waals surface area contributed by atoms with Gasteiger partial charge >= 0.3 is 0 Å². The Hall–Kier alpha value is -2.12. The minimum absolute atomic E-state index is 0.240. The summed E-state index contributed by atoms with van der Waals surface area (Å²) in [6.45, 7) is 3.32. The summed E-state index contributed by atoms with van der Waals surface area (Å²) in [5, 5.41) is 3.25. The largest absolute Gasteiger partial charge is 0.381 e. The van der Waals surface area contributed by atoms with E-state index in [-0.39, 0.29) is 11.0 Å². The number of aromatic nitrogens is 1. The van der Waals surface area contributed by atoms with Crippen LogP contribution in [0.15, 0.2) is 47.5 Å². The van der Waals surface area contributed by atoms with E-state index in [9.17, 15) is 8.42 Å². The zero-order valence-electron chi connectivity index (χ0n) is 13.5. The molecule has 0 saturated carbocycles. The third-order valence-electron chi connectivity index (χ3n) is 3.94. The molecule has 0 amide bonds. The van der Waals surface area contributed by atoms with Crippen LogP contribution in [0.4, 0.5) is 11.5 Å². The van der Waals surface area contributed by atoms with Crippen LogP contribution in [0.1, 0.15) is 18.4 Å². The van der Waals surface area contributed by atoms with Crippen LogP contribution in [0, 0.1) is 6.92 Å². The summed E-state index contributed by atoms with van der Waals surface area (Å²) in [5.74, 6) is 0.293. The van der Waals surface area contributed by atoms with Crippen molar-refractivity contribution in [3.8, 4) is 0 Å². The number of nitrogens with zero attached hydrogens (tertiary/aromatic N) is 1. The van der Waals surface area contributed by atoms with Crippen molar-refractivity contribution in [1.82, 2.24) is 4.98 Å². The monoisotopic (exact) mass is 347 g/mol. The molecule has 3 rings (SSSR count). The van der Waals surface area contributed by atoms with E-state index >= 15 is 0 Å². The summed E-state index contributed by atoms with van der Waals surface area (Å²) in [7, 11) is -3.64. The molecule has 1 aromatic carbocycles. The van der Waals surface area contributed by atoms with Crippen molar-refractivity contribution in [2.75, 3.05) is 23.2 Å². The molecule has 1 saturated heterocycles. The highest BCUT2D eigenvalue weighted by atomic mass is 32.2. The van der Waals surface area contributed by atoms with Crippen LogP contribution in [0.3, 0.4) is 0 Å². The molecule has 1 fully saturated rings. The molecule has 128 valence electrons. The molecular formula is C17H21N3O3S. The van der Waals surface area contributed by atoms with Gasteiger partial charge in [-0.3, -0.25) is 4.72 Å². The fourth-order valence-electron chi connectivity index (χ4n) is 2.65. The first-order valence-corrected chi connectivity index (χ1v) is 9.43. The summed E-state index contributed by atoms with van der Waals surface area (Å²) in [6.07, 6.45) is 4.02. The van der Waals surface area contributed by atoms with Gasteiger partial charge in [-0.05, 0) is 43.5 Å². The lowest BCUT2D eigenvalue weighted by molar-refractivity contribution is 0.120. The van der Waals surface area contributed by atoms with E-state index in [1.165, 1.54) is 0 Å². The Morgan fingerprint density at radius 2 is 2.08 bits per heavy atom. The van der Waals surface area contributed by atoms with Crippen LogP contribution in [0.2, 0.25) is 0 Å². The van der Waals surface area contributed by atoms with E-state index in [0.717, 1.165) is 31.7 Å². The molecule has 1 atom stereocenters. The molecule has 24 heavy (non-hydrogen) atoms. The number of ether oxygens (including phenoxy) is 1. The topological polar surface area (TPSA) is 80.3 Å². The molecule has 1 unspecified atom stereocenters. The molecule has 1 aliphatic rings. The number of hydrogen-bond donors (Lipinski definition) is 2. The number of nitrogens with one attached hydrogen (secondary N) is 2. The van der Waals surface area contributed by atoms with Gasteiger partial charge in [0.2, 0.25) is 0 Å². The first kappa shape index (κ1) is 16.7. The Bertz CT molecular complexity index is 785. The second-order valence-corrected chi connectivity index (χ2v) is 7.47. The molecule has 0 aliphatic carbocycles. The van der Waals surface area contributed by atoms with Crippen LogP contribution >= 0.6 is 0 Å². The Morgan fingerprint density at radius 3 is 2.75 bits per heavy atom. The van der Waals surface area contributed by atoms with E-state index in [0.29, 0.717) is 11.4 Å². The minimum Gasteiger partial charge on any atom is -0.381 e. The fourth-order valence-corrected chi connectivity index (χ4v) is 3.90. The van der Waals surface area contributed by atoms with Gasteiger partial charge < -0.3 is 10.1 Å². The highest BCUT2D eigenvalue weighted by molar-refractivity contribution is 7.92. The second-order valence-electron chi connectivity index (χ2n) is 5.82. The van der Waals surface area contributed by atoms with E-state index < -0.39 is 10.0 Å². The Labute approximate surface area is 142 Å². The maximum Gasteiger partial charge on any atom is 0.263 e. The second kappa shape index (κ2) is 7.19. The van der Waals surface area contributed by atoms with Gasteiger partial charge in [-0.1, -0.05) is 18.2 Å². The smallest absolute Gasteiger partial charge is 0.263 e. The van der Waals surface area contributed by atoms with E-state index in [1.807, 2.05) is 0 Å². The summed E-state index contributed by atoms with van der Waals surface area (Å²) in [5.41, 5.74) is 1.53. The van der Waals surface area contributed by atoms with Crippen LogP contribution in [-0.4, -0.2) is 32.7 Å². The van der Waals surface area contributed by atoms with Crippen molar-refractivity contribution < 1.29 is 13.2 Å². The summed E-state index contributed by atoms with van der Waals surface area (Å²) >= 11 is 0. The lowest BCUT2D eigenvalue weighted by atomic mass is 10.2. The number of hydrogen-bond acceptors (Lipinski definition) is 5. The van der Waals surface area contributed by atoms with Crippen molar-refractivity contribution in [1.29, 1.82) is 0 Å². The fraction of sp³-hybridized carbons (Fsp3) is 0.353. The molecule has 0 bridgehead atoms. The first-order chi connectivity index (χ1) is 11.5. The quantitative estimate of drug-likeness (QED) is 0.840. The normalized spacial score (nSPS) is 17.6. The maximum absolute atomic E-state index is 12.4. The van der Waals surface area contributed by atoms with Crippen molar-refractivity contribution in [2.45, 2.75) is 30.8 Å². The molecule has 1 aromatic heterocycles. The van der Waals surface area contributed by atoms with E-state index in [2.05, 4.69) is 15.0 Å². The molecule has 2 N–H and O–H groups in total. The summed E-state index contributed by atoms with van der Waals surface area (Å²) in [4.78, 5) is 4.43. The zero-order chi connectivity index (χ0) is 17.0. The third-order valence-corrected chi connectivity index (χ3v) is 5.46. The molecule has 2 aromatic rings. The molecule has 7 heteroatoms. The van der Waals surface area contributed by atoms with Gasteiger partial charge in [0.05, 0.1) is 22.9 Å². The van der Waals surface area contributed by atoms with Gasteiger partial charge in [-0.2, -0.15) is 0 Å². The SMILES string of the molecule is Cc1ccccc1S(=O)(=O)Nc1ccc(NCC2CCCO2)cn1. The third kappa shape index (κ3) is 4.04. The molecule has 2 heterocycles. The van der Waals surface area contributed by atoms with Crippen LogP contribution in [0.5, 0.6) is 0 Å². The van der Waals surface area contributed by atoms with Crippen molar-refractivity contribution >= 4 is 21.5 Å². The zero-order valence-corrected chi connectivity index (χ0v) is 14.3. The minimum atomic E-state index is -3.64. The Morgan fingerprint density at radius 1 is 1.25 bits per heavy atom. The average molecular weight is 347 g/mol. The van der Waals surface area contributed by atoms with Gasteiger partial charge in [0.15, 0.2) is 0 Å². The van der Waals surface area contributed by atoms with Crippen molar-refractivity contribution in [3.63, 3.8) is 0 Å². The highest BCUT2D eigenvalue weighted by Gasteiger charge is 2.17. The predicted octanol–water partition coefficient (Wildman–Crippen LogP) is 2.78. The average Bonchev–Trinajstić information content (AvgIpc) is 3.07. The Balaban J connectivity index is 1.64. The van der Waals surface area contributed by atoms with Crippen LogP contribution in [0.25, 0.3) is 0 Å². The molecule has 6 nitrogen and oxygen atoms in total. The van der Waals surface area contributed by atoms with E-state index in [4.69, 9.17) is 4.74 Å². The molecular weight excluding hydrogens is 326 g/mol. The number of anilines is 2. The van der Waals surface area contributed by atoms with Crippen molar-refractivity contribution in [2.24, 2.45) is 0 Å². The molecule has 0 radical (unpaired) electrons. The lowest BCUT2D eigenvalue weighted by Crippen LogP contribution is -2.18. The predicted molar refractivity (Wildman–Crippen MR) is 93.7 cm³/mol. The summed E-state index contributed by atoms with van der Waals surface area (Å²) < 4.78 is 32.9. The van der Waals surface area contributed by atoms with Gasteiger partial charge in [0, 0.05) is 13.2 Å². The van der Waals surface area contributed by atoms with Gasteiger partial charge in [0.1, 0.15) is 5.82 Å². The standard InChI is InChI=1S/C17H21N3O3S/c1-13-5-2-3-7-16(13)24(21,22)20-17-9-8-14(11-19-17)18-12-15-6-4-10-23-15/h2-3,5,7-9,11,15,18H,4,6,10,12H2,1H3,(H,19,20). The summed E-state index contributed by atoms with van der Waals surface area (Å²) in [6, 6.07) is 10.3. The lowest BCUT2D eigenvalue weighted by Gasteiger charge is -2.13. The number of pyridine rings is 1. The van der Waals surface area contributed by atoms with Crippen molar-refractivity contribution in [3.05, 3.63) is 48.2 Å². The van der Waals surface area contributed by atoms with Gasteiger partial charge in [-0.25, -0.2) is 13.4 Å². The van der Waals surface area contributed by atoms with Gasteiger partial charge in [-0.15, -0.1) is 0 Å². The number of rotatable bonds is 6. The van der Waals surface area contributed by atoms with E-state index in [1.54, 1.807) is 49.5 Å². The van der Waals surface area contributed by atoms with Crippen LogP contribution in [-0.2, 0) is 14.8 Å². The highest BCUT2D eigenvalue weighted by Crippen LogP contribution is 2.19. The molecule has 1 aliphatic heterocycles.